The van der Waals surface area contributed by atoms with Crippen LogP contribution in [0.15, 0.2) is 54.6 Å². The van der Waals surface area contributed by atoms with Gasteiger partial charge >= 0.3 is 0 Å². The number of hydrogen-bond acceptors (Lipinski definition) is 3. The topological polar surface area (TPSA) is 49.4 Å². The Labute approximate surface area is 149 Å². The van der Waals surface area contributed by atoms with Crippen molar-refractivity contribution in [1.29, 1.82) is 0 Å². The van der Waals surface area contributed by atoms with Crippen LogP contribution in [-0.4, -0.2) is 42.3 Å². The second kappa shape index (κ2) is 9.14. The molecule has 0 bridgehead atoms. The molecule has 1 amide bonds. The minimum Gasteiger partial charge on any atom is -0.351 e. The van der Waals surface area contributed by atoms with Crippen LogP contribution in [0, 0.1) is 0 Å². The van der Waals surface area contributed by atoms with Crippen LogP contribution in [0.3, 0.4) is 0 Å². The highest BCUT2D eigenvalue weighted by Gasteiger charge is 2.17. The molecule has 0 aliphatic heterocycles. The maximum Gasteiger partial charge on any atom is 0.252 e. The van der Waals surface area contributed by atoms with Crippen molar-refractivity contribution in [3.8, 4) is 0 Å². The summed E-state index contributed by atoms with van der Waals surface area (Å²) < 4.78 is 0. The molecule has 0 saturated carbocycles. The highest BCUT2D eigenvalue weighted by atomic mass is 16.2. The Morgan fingerprint density at radius 2 is 1.56 bits per heavy atom. The molecule has 2 aromatic rings. The number of ketones is 1. The molecule has 2 aromatic carbocycles. The summed E-state index contributed by atoms with van der Waals surface area (Å²) in [6.07, 6.45) is 0. The first-order valence-corrected chi connectivity index (χ1v) is 8.75. The van der Waals surface area contributed by atoms with Crippen LogP contribution in [0.5, 0.6) is 0 Å². The van der Waals surface area contributed by atoms with Gasteiger partial charge in [0.25, 0.3) is 5.91 Å². The van der Waals surface area contributed by atoms with Gasteiger partial charge in [-0.25, -0.2) is 0 Å². The van der Waals surface area contributed by atoms with E-state index in [9.17, 15) is 9.59 Å². The van der Waals surface area contributed by atoms with Gasteiger partial charge in [-0.05, 0) is 26.5 Å². The summed E-state index contributed by atoms with van der Waals surface area (Å²) in [7, 11) is 0. The highest BCUT2D eigenvalue weighted by Crippen LogP contribution is 2.14. The Morgan fingerprint density at radius 1 is 0.960 bits per heavy atom. The van der Waals surface area contributed by atoms with E-state index in [1.54, 1.807) is 36.4 Å². The second-order valence-corrected chi connectivity index (χ2v) is 6.22. The summed E-state index contributed by atoms with van der Waals surface area (Å²) >= 11 is 0. The maximum absolute atomic E-state index is 12.7. The van der Waals surface area contributed by atoms with E-state index in [0.717, 1.165) is 13.1 Å². The molecule has 0 atom stereocenters. The fourth-order valence-corrected chi connectivity index (χ4v) is 2.81. The SMILES string of the molecule is CCN(CCNC(=O)c1ccccc1C(=O)c1ccccc1)C(C)C. The van der Waals surface area contributed by atoms with Gasteiger partial charge in [-0.2, -0.15) is 0 Å². The fourth-order valence-electron chi connectivity index (χ4n) is 2.81. The largest absolute Gasteiger partial charge is 0.351 e. The predicted octanol–water partition coefficient (Wildman–Crippen LogP) is 3.38. The quantitative estimate of drug-likeness (QED) is 0.751. The van der Waals surface area contributed by atoms with Gasteiger partial charge in [0.2, 0.25) is 0 Å². The Bertz CT molecular complexity index is 711. The maximum atomic E-state index is 12.7. The smallest absolute Gasteiger partial charge is 0.252 e. The lowest BCUT2D eigenvalue weighted by Gasteiger charge is -2.24. The van der Waals surface area contributed by atoms with Crippen LogP contribution in [-0.2, 0) is 0 Å². The van der Waals surface area contributed by atoms with E-state index in [-0.39, 0.29) is 11.7 Å². The second-order valence-electron chi connectivity index (χ2n) is 6.22. The lowest BCUT2D eigenvalue weighted by Crippen LogP contribution is -2.38. The average molecular weight is 338 g/mol. The van der Waals surface area contributed by atoms with Crippen molar-refractivity contribution < 1.29 is 9.59 Å². The number of likely N-dealkylation sites (N-methyl/N-ethyl adjacent to an activating group) is 1. The van der Waals surface area contributed by atoms with Crippen LogP contribution < -0.4 is 5.32 Å². The van der Waals surface area contributed by atoms with Gasteiger partial charge in [0.1, 0.15) is 0 Å². The van der Waals surface area contributed by atoms with Crippen LogP contribution in [0.25, 0.3) is 0 Å². The molecule has 0 spiro atoms. The van der Waals surface area contributed by atoms with Crippen molar-refractivity contribution in [3.63, 3.8) is 0 Å². The molecule has 132 valence electrons. The Kier molecular flexibility index (Phi) is 6.90. The van der Waals surface area contributed by atoms with Gasteiger partial charge in [0.05, 0.1) is 5.56 Å². The Balaban J connectivity index is 2.09. The molecule has 0 unspecified atom stereocenters. The Morgan fingerprint density at radius 3 is 2.16 bits per heavy atom. The van der Waals surface area contributed by atoms with Gasteiger partial charge in [0.15, 0.2) is 5.78 Å². The first kappa shape index (κ1) is 18.9. The lowest BCUT2D eigenvalue weighted by atomic mass is 9.98. The highest BCUT2D eigenvalue weighted by molar-refractivity contribution is 6.15. The molecule has 2 rings (SSSR count). The molecule has 0 aliphatic rings. The predicted molar refractivity (Wildman–Crippen MR) is 101 cm³/mol. The molecular weight excluding hydrogens is 312 g/mol. The molecule has 0 fully saturated rings. The number of carbonyl (C=O) groups is 2. The molecule has 4 heteroatoms. The summed E-state index contributed by atoms with van der Waals surface area (Å²) in [5, 5.41) is 2.93. The zero-order valence-electron chi connectivity index (χ0n) is 15.2. The number of nitrogens with one attached hydrogen (secondary N) is 1. The number of rotatable bonds is 8. The van der Waals surface area contributed by atoms with Gasteiger partial charge in [-0.15, -0.1) is 0 Å². The number of amides is 1. The molecule has 4 nitrogen and oxygen atoms in total. The third-order valence-electron chi connectivity index (χ3n) is 4.27. The number of nitrogens with zero attached hydrogens (tertiary/aromatic N) is 1. The van der Waals surface area contributed by atoms with Crippen molar-refractivity contribution >= 4 is 11.7 Å². The van der Waals surface area contributed by atoms with E-state index in [4.69, 9.17) is 0 Å². The zero-order valence-corrected chi connectivity index (χ0v) is 15.2. The van der Waals surface area contributed by atoms with Crippen molar-refractivity contribution in [1.82, 2.24) is 10.2 Å². The Hall–Kier alpha value is -2.46. The van der Waals surface area contributed by atoms with E-state index in [2.05, 4.69) is 31.0 Å². The molecular formula is C21H26N2O2. The average Bonchev–Trinajstić information content (AvgIpc) is 2.65. The number of carbonyl (C=O) groups excluding carboxylic acids is 2. The van der Waals surface area contributed by atoms with Crippen LogP contribution in [0.2, 0.25) is 0 Å². The van der Waals surface area contributed by atoms with Gasteiger partial charge in [0, 0.05) is 30.3 Å². The van der Waals surface area contributed by atoms with Crippen molar-refractivity contribution in [2.45, 2.75) is 26.8 Å². The zero-order chi connectivity index (χ0) is 18.2. The van der Waals surface area contributed by atoms with Gasteiger partial charge in [-0.1, -0.05) is 55.5 Å². The van der Waals surface area contributed by atoms with Crippen molar-refractivity contribution in [3.05, 3.63) is 71.3 Å². The third kappa shape index (κ3) is 5.00. The normalized spacial score (nSPS) is 10.9. The van der Waals surface area contributed by atoms with E-state index in [0.29, 0.717) is 29.3 Å². The molecule has 0 radical (unpaired) electrons. The van der Waals surface area contributed by atoms with E-state index in [1.807, 2.05) is 18.2 Å². The van der Waals surface area contributed by atoms with Gasteiger partial charge in [-0.3, -0.25) is 14.5 Å². The minimum absolute atomic E-state index is 0.135. The summed E-state index contributed by atoms with van der Waals surface area (Å²) in [5.74, 6) is -0.344. The van der Waals surface area contributed by atoms with Crippen LogP contribution in [0.4, 0.5) is 0 Å². The van der Waals surface area contributed by atoms with E-state index >= 15 is 0 Å². The summed E-state index contributed by atoms with van der Waals surface area (Å²) in [6, 6.07) is 16.4. The first-order chi connectivity index (χ1) is 12.0. The van der Waals surface area contributed by atoms with E-state index < -0.39 is 0 Å². The monoisotopic (exact) mass is 338 g/mol. The molecule has 0 heterocycles. The number of benzene rings is 2. The van der Waals surface area contributed by atoms with Crippen LogP contribution in [0.1, 0.15) is 47.1 Å². The molecule has 1 N–H and O–H groups in total. The summed E-state index contributed by atoms with van der Waals surface area (Å²) in [5.41, 5.74) is 1.44. The standard InChI is InChI=1S/C21H26N2O2/c1-4-23(16(2)3)15-14-22-21(25)19-13-9-8-12-18(19)20(24)17-10-6-5-7-11-17/h5-13,16H,4,14-15H2,1-3H3,(H,22,25). The first-order valence-electron chi connectivity index (χ1n) is 8.75. The van der Waals surface area contributed by atoms with E-state index in [1.165, 1.54) is 0 Å². The molecule has 25 heavy (non-hydrogen) atoms. The van der Waals surface area contributed by atoms with Crippen molar-refractivity contribution in [2.75, 3.05) is 19.6 Å². The molecule has 0 aromatic heterocycles. The third-order valence-corrected chi connectivity index (χ3v) is 4.27. The van der Waals surface area contributed by atoms with Gasteiger partial charge < -0.3 is 5.32 Å². The number of hydrogen-bond donors (Lipinski definition) is 1. The minimum atomic E-state index is -0.209. The van der Waals surface area contributed by atoms with Crippen LogP contribution >= 0.6 is 0 Å². The fraction of sp³-hybridized carbons (Fsp3) is 0.333. The molecule has 0 saturated heterocycles. The summed E-state index contributed by atoms with van der Waals surface area (Å²) in [6.45, 7) is 8.66. The molecule has 0 aliphatic carbocycles. The summed E-state index contributed by atoms with van der Waals surface area (Å²) in [4.78, 5) is 27.5. The van der Waals surface area contributed by atoms with Crippen molar-refractivity contribution in [2.24, 2.45) is 0 Å². The lowest BCUT2D eigenvalue weighted by molar-refractivity contribution is 0.0935.